The summed E-state index contributed by atoms with van der Waals surface area (Å²) in [5.41, 5.74) is 3.84. The molecule has 0 atom stereocenters. The van der Waals surface area contributed by atoms with Crippen LogP contribution in [0.4, 0.5) is 0 Å². The van der Waals surface area contributed by atoms with Gasteiger partial charge in [0.15, 0.2) is 0 Å². The van der Waals surface area contributed by atoms with E-state index in [4.69, 9.17) is 10.5 Å². The molecule has 0 N–H and O–H groups in total. The van der Waals surface area contributed by atoms with Crippen molar-refractivity contribution < 1.29 is 0 Å². The fourth-order valence-corrected chi connectivity index (χ4v) is 7.88. The van der Waals surface area contributed by atoms with Crippen LogP contribution in [0.2, 0.25) is 0 Å². The molecule has 2 aromatic heterocycles. The number of benzene rings is 3. The summed E-state index contributed by atoms with van der Waals surface area (Å²) in [6.45, 7) is 0. The van der Waals surface area contributed by atoms with Gasteiger partial charge in [-0.1, -0.05) is 0 Å². The van der Waals surface area contributed by atoms with E-state index in [1.165, 1.54) is 39.3 Å². The fourth-order valence-electron chi connectivity index (χ4n) is 3.27. The predicted octanol–water partition coefficient (Wildman–Crippen LogP) is 5.18. The second kappa shape index (κ2) is 6.96. The van der Waals surface area contributed by atoms with Gasteiger partial charge < -0.3 is 0 Å². The fraction of sp³-hybridized carbons (Fsp3) is 0. The van der Waals surface area contributed by atoms with Crippen molar-refractivity contribution in [2.24, 2.45) is 0 Å². The van der Waals surface area contributed by atoms with Gasteiger partial charge >= 0.3 is 175 Å². The van der Waals surface area contributed by atoms with Crippen molar-refractivity contribution in [2.45, 2.75) is 0 Å². The minimum absolute atomic E-state index is 0.288. The zero-order valence-electron chi connectivity index (χ0n) is 14.6. The first kappa shape index (κ1) is 17.3. The summed E-state index contributed by atoms with van der Waals surface area (Å²) in [6.07, 6.45) is 0. The standard InChI is InChI=1S/C24H12N2Se2/c25-13-15-1-5-17(6-2-15)21-9-19-11-24-20(12-23(19)27-21)10-22(28-24)18-7-3-16(14-26)4-8-18/h1-12H. The van der Waals surface area contributed by atoms with Gasteiger partial charge in [-0.3, -0.25) is 0 Å². The number of hydrogen-bond acceptors (Lipinski definition) is 2. The van der Waals surface area contributed by atoms with Gasteiger partial charge in [-0.15, -0.1) is 0 Å². The van der Waals surface area contributed by atoms with E-state index in [0.29, 0.717) is 11.1 Å². The van der Waals surface area contributed by atoms with Gasteiger partial charge in [0.05, 0.1) is 0 Å². The third kappa shape index (κ3) is 3.04. The number of nitriles is 2. The van der Waals surface area contributed by atoms with Crippen LogP contribution in [0, 0.1) is 22.7 Å². The summed E-state index contributed by atoms with van der Waals surface area (Å²) in [4.78, 5) is 0. The van der Waals surface area contributed by atoms with Crippen LogP contribution in [0.1, 0.15) is 11.1 Å². The molecule has 0 saturated heterocycles. The Hall–Kier alpha value is -2.84. The summed E-state index contributed by atoms with van der Waals surface area (Å²) in [6, 6.07) is 29.5. The summed E-state index contributed by atoms with van der Waals surface area (Å²) in [7, 11) is 0. The third-order valence-corrected chi connectivity index (χ3v) is 9.56. The first-order chi connectivity index (χ1) is 13.7. The molecular weight excluding hydrogens is 474 g/mol. The molecule has 2 nitrogen and oxygen atoms in total. The normalized spacial score (nSPS) is 10.8. The average molecular weight is 486 g/mol. The van der Waals surface area contributed by atoms with E-state index in [9.17, 15) is 0 Å². The van der Waals surface area contributed by atoms with E-state index in [2.05, 4.69) is 60.7 Å². The van der Waals surface area contributed by atoms with Crippen molar-refractivity contribution in [1.82, 2.24) is 0 Å². The molecule has 0 aliphatic rings. The molecule has 5 rings (SSSR count). The number of rotatable bonds is 2. The van der Waals surface area contributed by atoms with E-state index in [0.717, 1.165) is 0 Å². The number of nitrogens with zero attached hydrogens (tertiary/aromatic N) is 2. The van der Waals surface area contributed by atoms with E-state index in [1.807, 2.05) is 24.3 Å². The Morgan fingerprint density at radius 1 is 0.536 bits per heavy atom. The second-order valence-electron chi connectivity index (χ2n) is 6.53. The third-order valence-electron chi connectivity index (χ3n) is 4.75. The van der Waals surface area contributed by atoms with Gasteiger partial charge in [-0.05, 0) is 0 Å². The van der Waals surface area contributed by atoms with E-state index in [-0.39, 0.29) is 29.0 Å². The van der Waals surface area contributed by atoms with Crippen molar-refractivity contribution in [3.8, 4) is 32.1 Å². The summed E-state index contributed by atoms with van der Waals surface area (Å²) in [5.74, 6) is 0. The van der Waals surface area contributed by atoms with Crippen LogP contribution in [0.25, 0.3) is 39.3 Å². The first-order valence-corrected chi connectivity index (χ1v) is 12.1. The number of hydrogen-bond donors (Lipinski definition) is 0. The molecule has 3 aromatic carbocycles. The van der Waals surface area contributed by atoms with Crippen LogP contribution in [0.3, 0.4) is 0 Å². The Morgan fingerprint density at radius 3 is 1.29 bits per heavy atom. The molecular formula is C24H12N2Se2. The summed E-state index contributed by atoms with van der Waals surface area (Å²) >= 11 is 0.577. The predicted molar refractivity (Wildman–Crippen MR) is 116 cm³/mol. The Bertz CT molecular complexity index is 1250. The van der Waals surface area contributed by atoms with Gasteiger partial charge in [0, 0.05) is 0 Å². The average Bonchev–Trinajstić information content (AvgIpc) is 3.35. The van der Waals surface area contributed by atoms with Crippen LogP contribution < -0.4 is 0 Å². The minimum atomic E-state index is 0.288. The van der Waals surface area contributed by atoms with Crippen molar-refractivity contribution in [3.05, 3.63) is 83.9 Å². The van der Waals surface area contributed by atoms with Crippen molar-refractivity contribution in [3.63, 3.8) is 0 Å². The Balaban J connectivity index is 1.56. The van der Waals surface area contributed by atoms with Crippen LogP contribution >= 0.6 is 0 Å². The quantitative estimate of drug-likeness (QED) is 0.323. The molecule has 130 valence electrons. The molecule has 5 aromatic rings. The van der Waals surface area contributed by atoms with Crippen LogP contribution in [0.15, 0.2) is 72.8 Å². The molecule has 4 heteroatoms. The maximum absolute atomic E-state index is 8.98. The van der Waals surface area contributed by atoms with E-state index < -0.39 is 0 Å². The molecule has 0 aliphatic carbocycles. The SMILES string of the molecule is N#Cc1ccc(-c2cc3cc4[se]c(-c5ccc(C#N)cc5)cc4cc3[se]2)cc1. The summed E-state index contributed by atoms with van der Waals surface area (Å²) < 4.78 is 5.61. The van der Waals surface area contributed by atoms with Crippen molar-refractivity contribution in [2.75, 3.05) is 0 Å². The first-order valence-electron chi connectivity index (χ1n) is 8.72. The van der Waals surface area contributed by atoms with Gasteiger partial charge in [0.2, 0.25) is 0 Å². The molecule has 0 spiro atoms. The van der Waals surface area contributed by atoms with Crippen LogP contribution in [0.5, 0.6) is 0 Å². The molecule has 0 fully saturated rings. The molecule has 0 amide bonds. The molecule has 0 bridgehead atoms. The molecule has 0 radical (unpaired) electrons. The monoisotopic (exact) mass is 488 g/mol. The molecule has 0 unspecified atom stereocenters. The molecule has 0 aliphatic heterocycles. The maximum atomic E-state index is 8.98. The topological polar surface area (TPSA) is 47.6 Å². The zero-order chi connectivity index (χ0) is 19.1. The molecule has 0 saturated carbocycles. The van der Waals surface area contributed by atoms with E-state index in [1.54, 1.807) is 0 Å². The zero-order valence-corrected chi connectivity index (χ0v) is 18.1. The Labute approximate surface area is 174 Å². The van der Waals surface area contributed by atoms with Gasteiger partial charge in [0.25, 0.3) is 0 Å². The number of fused-ring (bicyclic) bond motifs is 2. The van der Waals surface area contributed by atoms with Gasteiger partial charge in [0.1, 0.15) is 0 Å². The Kier molecular flexibility index (Phi) is 4.29. The second-order valence-corrected chi connectivity index (χ2v) is 11.1. The van der Waals surface area contributed by atoms with Crippen molar-refractivity contribution in [1.29, 1.82) is 10.5 Å². The molecule has 2 heterocycles. The van der Waals surface area contributed by atoms with Gasteiger partial charge in [-0.2, -0.15) is 0 Å². The Morgan fingerprint density at radius 2 is 0.929 bits per heavy atom. The van der Waals surface area contributed by atoms with Crippen LogP contribution in [-0.4, -0.2) is 29.0 Å². The van der Waals surface area contributed by atoms with E-state index >= 15 is 0 Å². The van der Waals surface area contributed by atoms with Gasteiger partial charge in [-0.25, -0.2) is 0 Å². The molecule has 28 heavy (non-hydrogen) atoms. The van der Waals surface area contributed by atoms with Crippen LogP contribution in [-0.2, 0) is 0 Å². The summed E-state index contributed by atoms with van der Waals surface area (Å²) in [5, 5.41) is 20.6. The van der Waals surface area contributed by atoms with Crippen molar-refractivity contribution >= 4 is 48.3 Å².